The molecule has 0 aromatic heterocycles. The van der Waals surface area contributed by atoms with E-state index in [0.717, 1.165) is 12.2 Å². The molecule has 1 rings (SSSR count). The lowest BCUT2D eigenvalue weighted by atomic mass is 10.0. The number of hydrogen-bond donors (Lipinski definition) is 1. The van der Waals surface area contributed by atoms with Gasteiger partial charge in [0.05, 0.1) is 0 Å². The van der Waals surface area contributed by atoms with Crippen LogP contribution in [0.4, 0.5) is 0 Å². The number of ether oxygens (including phenoxy) is 1. The van der Waals surface area contributed by atoms with Gasteiger partial charge in [-0.15, -0.1) is 12.6 Å². The van der Waals surface area contributed by atoms with Crippen LogP contribution in [0.15, 0.2) is 12.1 Å². The number of aryl methyl sites for hydroxylation is 3. The first-order valence-corrected chi connectivity index (χ1v) is 5.16. The predicted octanol–water partition coefficient (Wildman–Crippen LogP) is 3.13. The Bertz CT molecular complexity index is 294. The monoisotopic (exact) mass is 196 g/mol. The van der Waals surface area contributed by atoms with E-state index in [-0.39, 0.29) is 0 Å². The van der Waals surface area contributed by atoms with E-state index >= 15 is 0 Å². The van der Waals surface area contributed by atoms with E-state index in [2.05, 4.69) is 45.5 Å². The first-order valence-electron chi connectivity index (χ1n) is 4.52. The van der Waals surface area contributed by atoms with E-state index in [1.54, 1.807) is 0 Å². The van der Waals surface area contributed by atoms with E-state index in [1.165, 1.54) is 16.7 Å². The molecule has 0 unspecified atom stereocenters. The van der Waals surface area contributed by atoms with E-state index in [1.807, 2.05) is 0 Å². The highest BCUT2D eigenvalue weighted by Gasteiger charge is 2.03. The summed E-state index contributed by atoms with van der Waals surface area (Å²) in [6.45, 7) is 6.35. The van der Waals surface area contributed by atoms with Crippen molar-refractivity contribution in [3.05, 3.63) is 28.8 Å². The fourth-order valence-electron chi connectivity index (χ4n) is 1.46. The zero-order valence-corrected chi connectivity index (χ0v) is 9.32. The molecule has 0 amide bonds. The highest BCUT2D eigenvalue weighted by atomic mass is 32.1. The lowest BCUT2D eigenvalue weighted by molar-refractivity contribution is 0.391. The van der Waals surface area contributed by atoms with Gasteiger partial charge in [0, 0.05) is 0 Å². The van der Waals surface area contributed by atoms with Crippen LogP contribution < -0.4 is 4.74 Å². The number of hydrogen-bond acceptors (Lipinski definition) is 2. The SMILES string of the molecule is CCc1cc(C)c(OCS)cc1C. The van der Waals surface area contributed by atoms with Crippen LogP contribution >= 0.6 is 12.6 Å². The summed E-state index contributed by atoms with van der Waals surface area (Å²) in [5, 5.41) is 0. The van der Waals surface area contributed by atoms with Gasteiger partial charge in [-0.05, 0) is 43.0 Å². The maximum atomic E-state index is 5.38. The average molecular weight is 196 g/mol. The number of thiol groups is 1. The van der Waals surface area contributed by atoms with Crippen LogP contribution in [0, 0.1) is 13.8 Å². The van der Waals surface area contributed by atoms with E-state index in [4.69, 9.17) is 4.74 Å². The summed E-state index contributed by atoms with van der Waals surface area (Å²) in [5.41, 5.74) is 3.88. The van der Waals surface area contributed by atoms with Crippen LogP contribution in [0.3, 0.4) is 0 Å². The second-order valence-corrected chi connectivity index (χ2v) is 3.43. The zero-order chi connectivity index (χ0) is 9.84. The molecule has 0 radical (unpaired) electrons. The molecule has 0 bridgehead atoms. The van der Waals surface area contributed by atoms with Crippen molar-refractivity contribution in [2.45, 2.75) is 27.2 Å². The third kappa shape index (κ3) is 2.41. The number of benzene rings is 1. The molecule has 1 aromatic carbocycles. The molecule has 13 heavy (non-hydrogen) atoms. The van der Waals surface area contributed by atoms with Crippen molar-refractivity contribution in [3.63, 3.8) is 0 Å². The summed E-state index contributed by atoms with van der Waals surface area (Å²) in [6, 6.07) is 4.28. The summed E-state index contributed by atoms with van der Waals surface area (Å²) in [6.07, 6.45) is 1.08. The van der Waals surface area contributed by atoms with Crippen LogP contribution in [0.2, 0.25) is 0 Å². The van der Waals surface area contributed by atoms with Gasteiger partial charge in [0.15, 0.2) is 0 Å². The Labute approximate surface area is 85.5 Å². The molecule has 2 heteroatoms. The van der Waals surface area contributed by atoms with Gasteiger partial charge >= 0.3 is 0 Å². The lowest BCUT2D eigenvalue weighted by Crippen LogP contribution is -1.95. The molecule has 0 aliphatic heterocycles. The van der Waals surface area contributed by atoms with Gasteiger partial charge < -0.3 is 4.74 Å². The molecule has 0 aliphatic rings. The fourth-order valence-corrected chi connectivity index (χ4v) is 1.59. The minimum atomic E-state index is 0.436. The largest absolute Gasteiger partial charge is 0.483 e. The molecule has 0 N–H and O–H groups in total. The van der Waals surface area contributed by atoms with Crippen LogP contribution in [-0.4, -0.2) is 5.94 Å². The third-order valence-electron chi connectivity index (χ3n) is 2.23. The third-order valence-corrected chi connectivity index (χ3v) is 2.36. The standard InChI is InChI=1S/C11H16OS/c1-4-10-5-9(3)11(12-7-13)6-8(10)2/h5-6,13H,4,7H2,1-3H3. The van der Waals surface area contributed by atoms with E-state index in [9.17, 15) is 0 Å². The highest BCUT2D eigenvalue weighted by molar-refractivity contribution is 7.80. The van der Waals surface area contributed by atoms with Gasteiger partial charge in [-0.25, -0.2) is 0 Å². The Morgan fingerprint density at radius 2 is 1.92 bits per heavy atom. The minimum absolute atomic E-state index is 0.436. The molecule has 72 valence electrons. The molecular weight excluding hydrogens is 180 g/mol. The number of rotatable bonds is 3. The smallest absolute Gasteiger partial charge is 0.131 e. The zero-order valence-electron chi connectivity index (χ0n) is 8.42. The molecule has 0 saturated heterocycles. The molecule has 1 aromatic rings. The van der Waals surface area contributed by atoms with Crippen LogP contribution in [0.1, 0.15) is 23.6 Å². The van der Waals surface area contributed by atoms with Crippen molar-refractivity contribution in [2.24, 2.45) is 0 Å². The first kappa shape index (κ1) is 10.5. The van der Waals surface area contributed by atoms with Gasteiger partial charge in [0.25, 0.3) is 0 Å². The maximum Gasteiger partial charge on any atom is 0.131 e. The van der Waals surface area contributed by atoms with Gasteiger partial charge in [0.1, 0.15) is 11.7 Å². The summed E-state index contributed by atoms with van der Waals surface area (Å²) in [5.74, 6) is 1.39. The molecule has 0 aliphatic carbocycles. The molecule has 0 heterocycles. The Morgan fingerprint density at radius 1 is 1.23 bits per heavy atom. The minimum Gasteiger partial charge on any atom is -0.483 e. The van der Waals surface area contributed by atoms with Crippen molar-refractivity contribution in [3.8, 4) is 5.75 Å². The van der Waals surface area contributed by atoms with Crippen LogP contribution in [0.5, 0.6) is 5.75 Å². The quantitative estimate of drug-likeness (QED) is 0.577. The molecular formula is C11H16OS. The maximum absolute atomic E-state index is 5.38. The van der Waals surface area contributed by atoms with Crippen molar-refractivity contribution >= 4 is 12.6 Å². The van der Waals surface area contributed by atoms with Crippen molar-refractivity contribution in [1.82, 2.24) is 0 Å². The van der Waals surface area contributed by atoms with Gasteiger partial charge in [-0.1, -0.05) is 13.0 Å². The van der Waals surface area contributed by atoms with Crippen LogP contribution in [-0.2, 0) is 6.42 Å². The van der Waals surface area contributed by atoms with Gasteiger partial charge in [-0.3, -0.25) is 0 Å². The fraction of sp³-hybridized carbons (Fsp3) is 0.455. The second-order valence-electron chi connectivity index (χ2n) is 3.17. The average Bonchev–Trinajstić information content (AvgIpc) is 2.11. The molecule has 0 spiro atoms. The summed E-state index contributed by atoms with van der Waals surface area (Å²) in [7, 11) is 0. The Hall–Kier alpha value is -0.630. The topological polar surface area (TPSA) is 9.23 Å². The molecule has 0 fully saturated rings. The second kappa shape index (κ2) is 4.56. The van der Waals surface area contributed by atoms with Crippen molar-refractivity contribution in [2.75, 3.05) is 5.94 Å². The normalized spacial score (nSPS) is 10.2. The molecule has 0 atom stereocenters. The van der Waals surface area contributed by atoms with Crippen molar-refractivity contribution in [1.29, 1.82) is 0 Å². The summed E-state index contributed by atoms with van der Waals surface area (Å²) in [4.78, 5) is 0. The summed E-state index contributed by atoms with van der Waals surface area (Å²) >= 11 is 4.04. The van der Waals surface area contributed by atoms with Crippen molar-refractivity contribution < 1.29 is 4.74 Å². The van der Waals surface area contributed by atoms with E-state index in [0.29, 0.717) is 5.94 Å². The Balaban J connectivity index is 3.05. The highest BCUT2D eigenvalue weighted by Crippen LogP contribution is 2.23. The summed E-state index contributed by atoms with van der Waals surface area (Å²) < 4.78 is 5.38. The lowest BCUT2D eigenvalue weighted by Gasteiger charge is -2.10. The Morgan fingerprint density at radius 3 is 2.46 bits per heavy atom. The van der Waals surface area contributed by atoms with E-state index < -0.39 is 0 Å². The molecule has 1 nitrogen and oxygen atoms in total. The first-order chi connectivity index (χ1) is 6.19. The predicted molar refractivity (Wildman–Crippen MR) is 59.8 cm³/mol. The van der Waals surface area contributed by atoms with Gasteiger partial charge in [-0.2, -0.15) is 0 Å². The Kier molecular flexibility index (Phi) is 3.67. The van der Waals surface area contributed by atoms with Gasteiger partial charge in [0.2, 0.25) is 0 Å². The molecule has 0 saturated carbocycles. The van der Waals surface area contributed by atoms with Crippen LogP contribution in [0.25, 0.3) is 0 Å².